The van der Waals surface area contributed by atoms with E-state index < -0.39 is 6.10 Å². The number of hydrogen-bond acceptors (Lipinski definition) is 4. The molecule has 0 bridgehead atoms. The number of amides is 1. The van der Waals surface area contributed by atoms with Gasteiger partial charge in [0.05, 0.1) is 17.1 Å². The fourth-order valence-corrected chi connectivity index (χ4v) is 4.42. The van der Waals surface area contributed by atoms with Crippen LogP contribution in [0.5, 0.6) is 0 Å². The minimum Gasteiger partial charge on any atom is -0.387 e. The molecule has 3 N–H and O–H groups in total. The van der Waals surface area contributed by atoms with Crippen molar-refractivity contribution in [1.29, 1.82) is 0 Å². The van der Waals surface area contributed by atoms with Crippen molar-refractivity contribution >= 4 is 28.5 Å². The normalized spacial score (nSPS) is 16.5. The lowest BCUT2D eigenvalue weighted by molar-refractivity contribution is 0.0906. The molecule has 0 aliphatic carbocycles. The number of aromatic nitrogens is 2. The fraction of sp³-hybridized carbons (Fsp3) is 0.391. The van der Waals surface area contributed by atoms with E-state index in [0.717, 1.165) is 37.0 Å². The topological polar surface area (TPSA) is 90.4 Å². The van der Waals surface area contributed by atoms with Crippen LogP contribution in [0.25, 0.3) is 11.0 Å². The van der Waals surface area contributed by atoms with E-state index in [0.29, 0.717) is 29.2 Å². The molecule has 1 atom stereocenters. The highest BCUT2D eigenvalue weighted by Crippen LogP contribution is 2.27. The van der Waals surface area contributed by atoms with Crippen LogP contribution in [0.1, 0.15) is 47.8 Å². The third kappa shape index (κ3) is 4.69. The number of nitrogens with zero attached hydrogens (tertiary/aromatic N) is 2. The van der Waals surface area contributed by atoms with Crippen LogP contribution in [0.15, 0.2) is 47.3 Å². The largest absolute Gasteiger partial charge is 0.387 e. The number of aliphatic hydroxyl groups excluding tert-OH is 1. The SMILES string of the molecule is CCNC(=O)c1ccc2c(c1)[nH]c(=O)n2C1CCN(C[C@@H](O)c2ccc(Cl)cc2)CC1. The number of aliphatic hydroxyl groups is 1. The number of aromatic amines is 1. The maximum absolute atomic E-state index is 12.7. The lowest BCUT2D eigenvalue weighted by Gasteiger charge is -2.33. The molecule has 2 heterocycles. The first kappa shape index (κ1) is 21.6. The monoisotopic (exact) mass is 442 g/mol. The van der Waals surface area contributed by atoms with Crippen molar-refractivity contribution in [3.63, 3.8) is 0 Å². The van der Waals surface area contributed by atoms with E-state index in [9.17, 15) is 14.7 Å². The van der Waals surface area contributed by atoms with Gasteiger partial charge < -0.3 is 20.3 Å². The number of benzene rings is 2. The number of halogens is 1. The Hall–Kier alpha value is -2.61. The number of imidazole rings is 1. The summed E-state index contributed by atoms with van der Waals surface area (Å²) in [6, 6.07) is 12.7. The summed E-state index contributed by atoms with van der Waals surface area (Å²) in [5.74, 6) is -0.148. The van der Waals surface area contributed by atoms with Gasteiger partial charge in [0.25, 0.3) is 5.91 Å². The third-order valence-electron chi connectivity index (χ3n) is 5.92. The van der Waals surface area contributed by atoms with Crippen LogP contribution in [0.2, 0.25) is 5.02 Å². The summed E-state index contributed by atoms with van der Waals surface area (Å²) < 4.78 is 1.81. The number of carbonyl (C=O) groups is 1. The van der Waals surface area contributed by atoms with Crippen molar-refractivity contribution in [1.82, 2.24) is 19.8 Å². The number of carbonyl (C=O) groups excluding carboxylic acids is 1. The molecular formula is C23H27ClN4O3. The minimum absolute atomic E-state index is 0.0838. The third-order valence-corrected chi connectivity index (χ3v) is 6.18. The van der Waals surface area contributed by atoms with Crippen molar-refractivity contribution in [3.05, 3.63) is 69.1 Å². The van der Waals surface area contributed by atoms with Crippen molar-refractivity contribution < 1.29 is 9.90 Å². The molecule has 31 heavy (non-hydrogen) atoms. The van der Waals surface area contributed by atoms with E-state index in [4.69, 9.17) is 11.6 Å². The predicted octanol–water partition coefficient (Wildman–Crippen LogP) is 3.10. The van der Waals surface area contributed by atoms with Crippen molar-refractivity contribution in [3.8, 4) is 0 Å². The van der Waals surface area contributed by atoms with Gasteiger partial charge in [-0.05, 0) is 55.7 Å². The summed E-state index contributed by atoms with van der Waals surface area (Å²) in [5, 5.41) is 14.0. The van der Waals surface area contributed by atoms with Crippen LogP contribution in [0.3, 0.4) is 0 Å². The molecule has 164 valence electrons. The lowest BCUT2D eigenvalue weighted by Crippen LogP contribution is -2.39. The molecule has 0 spiro atoms. The maximum Gasteiger partial charge on any atom is 0.326 e. The number of nitrogens with one attached hydrogen (secondary N) is 2. The van der Waals surface area contributed by atoms with E-state index in [2.05, 4.69) is 15.2 Å². The van der Waals surface area contributed by atoms with E-state index in [-0.39, 0.29) is 17.6 Å². The zero-order valence-corrected chi connectivity index (χ0v) is 18.2. The summed E-state index contributed by atoms with van der Waals surface area (Å²) in [5.41, 5.74) is 2.73. The second kappa shape index (κ2) is 9.26. The number of rotatable bonds is 6. The average molecular weight is 443 g/mol. The number of H-pyrrole nitrogens is 1. The second-order valence-electron chi connectivity index (χ2n) is 7.99. The summed E-state index contributed by atoms with van der Waals surface area (Å²) in [7, 11) is 0. The summed E-state index contributed by atoms with van der Waals surface area (Å²) in [4.78, 5) is 29.9. The van der Waals surface area contributed by atoms with Crippen LogP contribution in [-0.2, 0) is 0 Å². The Morgan fingerprint density at radius 3 is 2.61 bits per heavy atom. The molecule has 2 aromatic carbocycles. The highest BCUT2D eigenvalue weighted by molar-refractivity contribution is 6.30. The zero-order valence-electron chi connectivity index (χ0n) is 17.5. The van der Waals surface area contributed by atoms with Crippen LogP contribution < -0.4 is 11.0 Å². The molecule has 3 aromatic rings. The van der Waals surface area contributed by atoms with E-state index in [1.807, 2.05) is 29.7 Å². The molecule has 1 saturated heterocycles. The van der Waals surface area contributed by atoms with E-state index in [1.165, 1.54) is 0 Å². The molecule has 0 saturated carbocycles. The van der Waals surface area contributed by atoms with Gasteiger partial charge in [-0.3, -0.25) is 9.36 Å². The van der Waals surface area contributed by atoms with Gasteiger partial charge in [0.15, 0.2) is 0 Å². The highest BCUT2D eigenvalue weighted by atomic mass is 35.5. The van der Waals surface area contributed by atoms with Crippen molar-refractivity contribution in [2.75, 3.05) is 26.2 Å². The van der Waals surface area contributed by atoms with Gasteiger partial charge in [0, 0.05) is 42.8 Å². The van der Waals surface area contributed by atoms with Gasteiger partial charge in [-0.25, -0.2) is 4.79 Å². The van der Waals surface area contributed by atoms with Gasteiger partial charge in [0.2, 0.25) is 0 Å². The first-order chi connectivity index (χ1) is 15.0. The van der Waals surface area contributed by atoms with Crippen LogP contribution >= 0.6 is 11.6 Å². The Balaban J connectivity index is 1.43. The molecular weight excluding hydrogens is 416 g/mol. The molecule has 1 aliphatic heterocycles. The van der Waals surface area contributed by atoms with Gasteiger partial charge in [-0.15, -0.1) is 0 Å². The van der Waals surface area contributed by atoms with Gasteiger partial charge in [-0.2, -0.15) is 0 Å². The van der Waals surface area contributed by atoms with Gasteiger partial charge in [-0.1, -0.05) is 23.7 Å². The number of likely N-dealkylation sites (tertiary alicyclic amines) is 1. The number of hydrogen-bond donors (Lipinski definition) is 3. The molecule has 4 rings (SSSR count). The zero-order chi connectivity index (χ0) is 22.0. The fourth-order valence-electron chi connectivity index (χ4n) is 4.29. The van der Waals surface area contributed by atoms with Crippen molar-refractivity contribution in [2.45, 2.75) is 31.9 Å². The number of piperidine rings is 1. The summed E-state index contributed by atoms with van der Waals surface area (Å²) in [6.07, 6.45) is 1.06. The van der Waals surface area contributed by atoms with E-state index >= 15 is 0 Å². The predicted molar refractivity (Wildman–Crippen MR) is 122 cm³/mol. The summed E-state index contributed by atoms with van der Waals surface area (Å²) >= 11 is 5.92. The number of fused-ring (bicyclic) bond motifs is 1. The Labute approximate surface area is 185 Å². The highest BCUT2D eigenvalue weighted by Gasteiger charge is 2.25. The minimum atomic E-state index is -0.572. The second-order valence-corrected chi connectivity index (χ2v) is 8.43. The first-order valence-electron chi connectivity index (χ1n) is 10.6. The Morgan fingerprint density at radius 1 is 1.23 bits per heavy atom. The Bertz CT molecular complexity index is 1110. The van der Waals surface area contributed by atoms with Crippen LogP contribution in [0.4, 0.5) is 0 Å². The summed E-state index contributed by atoms with van der Waals surface area (Å²) in [6.45, 7) is 4.57. The Kier molecular flexibility index (Phi) is 6.46. The van der Waals surface area contributed by atoms with Crippen LogP contribution in [0, 0.1) is 0 Å². The molecule has 1 fully saturated rings. The smallest absolute Gasteiger partial charge is 0.326 e. The molecule has 8 heteroatoms. The molecule has 1 aliphatic rings. The quantitative estimate of drug-likeness (QED) is 0.547. The standard InChI is InChI=1S/C23H27ClN4O3/c1-2-25-22(30)16-5-8-20-19(13-16)26-23(31)28(20)18-9-11-27(12-10-18)14-21(29)15-3-6-17(24)7-4-15/h3-8,13,18,21,29H,2,9-12,14H2,1H3,(H,25,30)(H,26,31)/t21-/m1/s1. The van der Waals surface area contributed by atoms with E-state index in [1.54, 1.807) is 24.3 Å². The van der Waals surface area contributed by atoms with Gasteiger partial charge >= 0.3 is 5.69 Å². The molecule has 1 aromatic heterocycles. The number of β-amino-alcohol motifs (C(OH)–C–C–N with tert-alkyl or cyclic N) is 1. The van der Waals surface area contributed by atoms with Crippen molar-refractivity contribution in [2.24, 2.45) is 0 Å². The average Bonchev–Trinajstić information content (AvgIpc) is 3.09. The first-order valence-corrected chi connectivity index (χ1v) is 11.0. The lowest BCUT2D eigenvalue weighted by atomic mass is 10.0. The van der Waals surface area contributed by atoms with Gasteiger partial charge in [0.1, 0.15) is 0 Å². The maximum atomic E-state index is 12.7. The molecule has 7 nitrogen and oxygen atoms in total. The molecule has 1 amide bonds. The Morgan fingerprint density at radius 2 is 1.94 bits per heavy atom. The van der Waals surface area contributed by atoms with Crippen LogP contribution in [-0.4, -0.2) is 51.6 Å². The molecule has 0 unspecified atom stereocenters. The molecule has 0 radical (unpaired) electrons.